The minimum absolute atomic E-state index is 0.0954. The third-order valence-electron chi connectivity index (χ3n) is 7.58. The molecule has 6 rings (SSSR count). The van der Waals surface area contributed by atoms with Crippen LogP contribution in [0.2, 0.25) is 0 Å². The lowest BCUT2D eigenvalue weighted by Gasteiger charge is -2.43. The molecule has 0 saturated carbocycles. The molecule has 1 amide bonds. The van der Waals surface area contributed by atoms with E-state index in [1.807, 2.05) is 45.9 Å². The van der Waals surface area contributed by atoms with Crippen molar-refractivity contribution in [2.24, 2.45) is 0 Å². The van der Waals surface area contributed by atoms with E-state index in [0.717, 1.165) is 49.5 Å². The number of fused-ring (bicyclic) bond motifs is 2. The third-order valence-corrected chi connectivity index (χ3v) is 7.58. The number of piperazine rings is 1. The van der Waals surface area contributed by atoms with Gasteiger partial charge < -0.3 is 19.3 Å². The summed E-state index contributed by atoms with van der Waals surface area (Å²) in [6.07, 6.45) is 4.42. The smallest absolute Gasteiger partial charge is 0.242 e. The zero-order chi connectivity index (χ0) is 25.4. The summed E-state index contributed by atoms with van der Waals surface area (Å²) in [7, 11) is 0. The number of hydrogen-bond acceptors (Lipinski definition) is 6. The van der Waals surface area contributed by atoms with Crippen molar-refractivity contribution in [3.63, 3.8) is 0 Å². The molecule has 0 radical (unpaired) electrons. The number of hydrogen-bond donors (Lipinski definition) is 0. The average Bonchev–Trinajstić information content (AvgIpc) is 3.35. The third kappa shape index (κ3) is 4.38. The number of rotatable bonds is 4. The van der Waals surface area contributed by atoms with Gasteiger partial charge in [-0.3, -0.25) is 4.79 Å². The minimum atomic E-state index is 0.0954. The van der Waals surface area contributed by atoms with Gasteiger partial charge in [-0.15, -0.1) is 0 Å². The fourth-order valence-corrected chi connectivity index (χ4v) is 5.62. The van der Waals surface area contributed by atoms with Crippen molar-refractivity contribution < 1.29 is 4.79 Å². The number of aromatic nitrogens is 3. The molecule has 0 spiro atoms. The Morgan fingerprint density at radius 3 is 2.70 bits per heavy atom. The molecular formula is C29H29N7O. The van der Waals surface area contributed by atoms with Crippen molar-refractivity contribution in [3.8, 4) is 6.07 Å². The molecule has 2 aromatic carbocycles. The summed E-state index contributed by atoms with van der Waals surface area (Å²) < 4.78 is 1.84. The van der Waals surface area contributed by atoms with Crippen LogP contribution in [0.25, 0.3) is 11.2 Å². The fourth-order valence-electron chi connectivity index (χ4n) is 5.62. The monoisotopic (exact) mass is 491 g/mol. The van der Waals surface area contributed by atoms with Crippen LogP contribution in [0.1, 0.15) is 23.6 Å². The average molecular weight is 492 g/mol. The van der Waals surface area contributed by atoms with E-state index in [2.05, 4.69) is 51.0 Å². The molecule has 2 aliphatic rings. The highest BCUT2D eigenvalue weighted by Gasteiger charge is 2.30. The Balaban J connectivity index is 1.16. The molecule has 1 fully saturated rings. The first-order chi connectivity index (χ1) is 18.1. The van der Waals surface area contributed by atoms with E-state index < -0.39 is 0 Å². The Kier molecular flexibility index (Phi) is 5.97. The topological polar surface area (TPSA) is 81.3 Å². The molecule has 0 unspecified atom stereocenters. The van der Waals surface area contributed by atoms with Crippen LogP contribution in [0.4, 0.5) is 11.4 Å². The van der Waals surface area contributed by atoms with E-state index in [0.29, 0.717) is 12.1 Å². The highest BCUT2D eigenvalue weighted by molar-refractivity contribution is 5.79. The van der Waals surface area contributed by atoms with Gasteiger partial charge in [0.1, 0.15) is 12.1 Å². The summed E-state index contributed by atoms with van der Waals surface area (Å²) in [6, 6.07) is 20.5. The summed E-state index contributed by atoms with van der Waals surface area (Å²) in [5.74, 6) is 0.0965. The molecule has 8 heteroatoms. The second-order valence-corrected chi connectivity index (χ2v) is 9.85. The molecule has 1 saturated heterocycles. The van der Waals surface area contributed by atoms with Gasteiger partial charge in [0, 0.05) is 56.3 Å². The minimum Gasteiger partial charge on any atom is -0.367 e. The Hall–Kier alpha value is -4.38. The molecule has 8 nitrogen and oxygen atoms in total. The van der Waals surface area contributed by atoms with Crippen molar-refractivity contribution in [3.05, 3.63) is 83.8 Å². The molecule has 0 bridgehead atoms. The maximum atomic E-state index is 13.2. The number of carbonyl (C=O) groups excluding carboxylic acids is 1. The predicted octanol–water partition coefficient (Wildman–Crippen LogP) is 3.60. The highest BCUT2D eigenvalue weighted by Crippen LogP contribution is 2.33. The number of amides is 1. The first-order valence-electron chi connectivity index (χ1n) is 12.8. The van der Waals surface area contributed by atoms with E-state index in [1.54, 1.807) is 12.5 Å². The standard InChI is InChI=1S/C29H29N7O/c1-21-17-34(14-15-36(21)28(37)19-35-20-32-26-5-3-12-31-29(26)35)27-6-2-4-23-11-13-33(18-25(23)27)24-9-7-22(16-30)8-10-24/h2-10,12,20-21H,11,13-15,17-19H2,1H3/t21-/m1/s1. The van der Waals surface area contributed by atoms with Gasteiger partial charge >= 0.3 is 0 Å². The van der Waals surface area contributed by atoms with Gasteiger partial charge in [0.2, 0.25) is 5.91 Å². The Labute approximate surface area is 216 Å². The second kappa shape index (κ2) is 9.58. The molecule has 0 N–H and O–H groups in total. The Morgan fingerprint density at radius 2 is 1.89 bits per heavy atom. The van der Waals surface area contributed by atoms with Gasteiger partial charge in [0.15, 0.2) is 5.65 Å². The van der Waals surface area contributed by atoms with Crippen molar-refractivity contribution in [1.29, 1.82) is 5.26 Å². The molecule has 2 aromatic heterocycles. The largest absolute Gasteiger partial charge is 0.367 e. The van der Waals surface area contributed by atoms with E-state index in [9.17, 15) is 4.79 Å². The van der Waals surface area contributed by atoms with E-state index in [-0.39, 0.29) is 18.5 Å². The van der Waals surface area contributed by atoms with Crippen LogP contribution in [0.5, 0.6) is 0 Å². The number of pyridine rings is 1. The zero-order valence-corrected chi connectivity index (χ0v) is 20.9. The lowest BCUT2D eigenvalue weighted by atomic mass is 9.96. The van der Waals surface area contributed by atoms with Gasteiger partial charge in [0.05, 0.1) is 18.0 Å². The van der Waals surface area contributed by atoms with Crippen molar-refractivity contribution in [1.82, 2.24) is 19.4 Å². The summed E-state index contributed by atoms with van der Waals surface area (Å²) in [6.45, 7) is 6.45. The highest BCUT2D eigenvalue weighted by atomic mass is 16.2. The molecule has 0 aliphatic carbocycles. The molecule has 37 heavy (non-hydrogen) atoms. The van der Waals surface area contributed by atoms with Crippen molar-refractivity contribution in [2.75, 3.05) is 36.0 Å². The van der Waals surface area contributed by atoms with Gasteiger partial charge in [-0.25, -0.2) is 9.97 Å². The number of nitrogens with zero attached hydrogens (tertiary/aromatic N) is 7. The molecule has 2 aliphatic heterocycles. The second-order valence-electron chi connectivity index (χ2n) is 9.85. The SMILES string of the molecule is C[C@@H]1CN(c2cccc3c2CN(c2ccc(C#N)cc2)CC3)CCN1C(=O)Cn1cnc2cccnc21. The number of imidazole rings is 1. The fraction of sp³-hybridized carbons (Fsp3) is 0.310. The first kappa shape index (κ1) is 23.0. The summed E-state index contributed by atoms with van der Waals surface area (Å²) in [5.41, 5.74) is 7.39. The summed E-state index contributed by atoms with van der Waals surface area (Å²) >= 11 is 0. The maximum absolute atomic E-state index is 13.2. The number of nitriles is 1. The first-order valence-corrected chi connectivity index (χ1v) is 12.8. The Morgan fingerprint density at radius 1 is 1.03 bits per heavy atom. The lowest BCUT2D eigenvalue weighted by molar-refractivity contribution is -0.134. The zero-order valence-electron chi connectivity index (χ0n) is 20.9. The van der Waals surface area contributed by atoms with Crippen LogP contribution in [-0.2, 0) is 24.3 Å². The van der Waals surface area contributed by atoms with Crippen molar-refractivity contribution in [2.45, 2.75) is 32.5 Å². The maximum Gasteiger partial charge on any atom is 0.242 e. The van der Waals surface area contributed by atoms with Crippen LogP contribution < -0.4 is 9.80 Å². The van der Waals surface area contributed by atoms with Gasteiger partial charge in [-0.1, -0.05) is 12.1 Å². The quantitative estimate of drug-likeness (QED) is 0.434. The molecule has 4 aromatic rings. The van der Waals surface area contributed by atoms with Gasteiger partial charge in [-0.2, -0.15) is 5.26 Å². The molecule has 4 heterocycles. The molecule has 1 atom stereocenters. The lowest BCUT2D eigenvalue weighted by Crippen LogP contribution is -2.55. The van der Waals surface area contributed by atoms with Gasteiger partial charge in [-0.05, 0) is 66.9 Å². The van der Waals surface area contributed by atoms with Crippen LogP contribution in [-0.4, -0.2) is 57.6 Å². The van der Waals surface area contributed by atoms with E-state index in [4.69, 9.17) is 5.26 Å². The van der Waals surface area contributed by atoms with Crippen LogP contribution >= 0.6 is 0 Å². The Bertz CT molecular complexity index is 1490. The van der Waals surface area contributed by atoms with Crippen LogP contribution in [0.3, 0.4) is 0 Å². The number of anilines is 2. The van der Waals surface area contributed by atoms with E-state index >= 15 is 0 Å². The molecule has 186 valence electrons. The summed E-state index contributed by atoms with van der Waals surface area (Å²) in [5, 5.41) is 9.13. The van der Waals surface area contributed by atoms with Crippen molar-refractivity contribution >= 4 is 28.4 Å². The van der Waals surface area contributed by atoms with Crippen LogP contribution in [0.15, 0.2) is 67.1 Å². The summed E-state index contributed by atoms with van der Waals surface area (Å²) in [4.78, 5) is 28.8. The number of carbonyl (C=O) groups is 1. The van der Waals surface area contributed by atoms with Crippen LogP contribution in [0, 0.1) is 11.3 Å². The molecular weight excluding hydrogens is 462 g/mol. The van der Waals surface area contributed by atoms with E-state index in [1.165, 1.54) is 16.8 Å². The predicted molar refractivity (Wildman–Crippen MR) is 143 cm³/mol. The van der Waals surface area contributed by atoms with Gasteiger partial charge in [0.25, 0.3) is 0 Å². The number of benzene rings is 2. The normalized spacial score (nSPS) is 17.5.